The Kier molecular flexibility index (Phi) is 6.83. The predicted molar refractivity (Wildman–Crippen MR) is 117 cm³/mol. The molecule has 0 saturated carbocycles. The van der Waals surface area contributed by atoms with Crippen LogP contribution < -0.4 is 5.32 Å². The average molecular weight is 391 g/mol. The molecule has 3 aromatic rings. The number of amides is 1. The lowest BCUT2D eigenvalue weighted by molar-refractivity contribution is 0.0950. The van der Waals surface area contributed by atoms with Crippen molar-refractivity contribution in [3.05, 3.63) is 82.8 Å². The van der Waals surface area contributed by atoms with Crippen LogP contribution in [0.1, 0.15) is 46.7 Å². The molecular formula is C24H30N4O. The van der Waals surface area contributed by atoms with E-state index in [2.05, 4.69) is 53.3 Å². The monoisotopic (exact) mass is 390 g/mol. The van der Waals surface area contributed by atoms with Gasteiger partial charge in [0.15, 0.2) is 0 Å². The number of aromatic nitrogens is 2. The van der Waals surface area contributed by atoms with E-state index in [0.717, 1.165) is 42.4 Å². The van der Waals surface area contributed by atoms with Crippen LogP contribution in [0.5, 0.6) is 0 Å². The van der Waals surface area contributed by atoms with Gasteiger partial charge in [-0.3, -0.25) is 9.69 Å². The van der Waals surface area contributed by atoms with Crippen molar-refractivity contribution in [3.8, 4) is 5.82 Å². The van der Waals surface area contributed by atoms with Gasteiger partial charge in [-0.05, 0) is 56.3 Å². The first-order valence-corrected chi connectivity index (χ1v) is 10.2. The van der Waals surface area contributed by atoms with Crippen LogP contribution >= 0.6 is 0 Å². The number of carbonyl (C=O) groups excluding carboxylic acids is 1. The molecule has 0 unspecified atom stereocenters. The third-order valence-electron chi connectivity index (χ3n) is 5.30. The maximum Gasteiger partial charge on any atom is 0.253 e. The Hall–Kier alpha value is -2.92. The number of hydrogen-bond acceptors (Lipinski definition) is 3. The number of hydrogen-bond donors (Lipinski definition) is 1. The Morgan fingerprint density at radius 3 is 2.48 bits per heavy atom. The summed E-state index contributed by atoms with van der Waals surface area (Å²) in [6.45, 7) is 11.8. The Bertz CT molecular complexity index is 958. The molecule has 2 aromatic heterocycles. The van der Waals surface area contributed by atoms with E-state index in [-0.39, 0.29) is 5.91 Å². The number of aryl methyl sites for hydroxylation is 1. The van der Waals surface area contributed by atoms with Crippen molar-refractivity contribution >= 4 is 5.91 Å². The first-order chi connectivity index (χ1) is 14.0. The Morgan fingerprint density at radius 1 is 1.03 bits per heavy atom. The quantitative estimate of drug-likeness (QED) is 0.625. The van der Waals surface area contributed by atoms with E-state index in [1.807, 2.05) is 42.7 Å². The zero-order valence-corrected chi connectivity index (χ0v) is 17.8. The second-order valence-corrected chi connectivity index (χ2v) is 7.27. The van der Waals surface area contributed by atoms with Crippen molar-refractivity contribution in [1.29, 1.82) is 0 Å². The van der Waals surface area contributed by atoms with Crippen molar-refractivity contribution in [2.24, 2.45) is 0 Å². The number of carbonyl (C=O) groups is 1. The normalized spacial score (nSPS) is 11.1. The van der Waals surface area contributed by atoms with E-state index in [9.17, 15) is 4.79 Å². The highest BCUT2D eigenvalue weighted by Gasteiger charge is 2.17. The molecule has 1 amide bonds. The summed E-state index contributed by atoms with van der Waals surface area (Å²) in [5.74, 6) is 0.764. The molecule has 0 spiro atoms. The number of nitrogens with zero attached hydrogens (tertiary/aromatic N) is 3. The van der Waals surface area contributed by atoms with Crippen LogP contribution in [0.2, 0.25) is 0 Å². The predicted octanol–water partition coefficient (Wildman–Crippen LogP) is 4.26. The molecule has 3 rings (SSSR count). The SMILES string of the molecule is CCN(CC)Cc1cccc(CNC(=O)c2cc(C)n(-c3ccccn3)c2C)c1. The minimum absolute atomic E-state index is 0.0607. The van der Waals surface area contributed by atoms with E-state index < -0.39 is 0 Å². The number of benzene rings is 1. The van der Waals surface area contributed by atoms with Crippen molar-refractivity contribution < 1.29 is 4.79 Å². The fourth-order valence-corrected chi connectivity index (χ4v) is 3.65. The molecule has 152 valence electrons. The third-order valence-corrected chi connectivity index (χ3v) is 5.30. The van der Waals surface area contributed by atoms with Crippen LogP contribution in [0.3, 0.4) is 0 Å². The standard InChI is InChI=1S/C24H30N4O/c1-5-27(6-2)17-21-11-9-10-20(15-21)16-26-24(29)22-14-18(3)28(19(22)4)23-12-7-8-13-25-23/h7-15H,5-6,16-17H2,1-4H3,(H,26,29). The summed E-state index contributed by atoms with van der Waals surface area (Å²) in [4.78, 5) is 19.6. The zero-order chi connectivity index (χ0) is 20.8. The van der Waals surface area contributed by atoms with E-state index in [4.69, 9.17) is 0 Å². The summed E-state index contributed by atoms with van der Waals surface area (Å²) >= 11 is 0. The molecule has 1 N–H and O–H groups in total. The second-order valence-electron chi connectivity index (χ2n) is 7.27. The molecule has 29 heavy (non-hydrogen) atoms. The molecule has 0 aliphatic rings. The molecule has 0 aliphatic carbocycles. The third kappa shape index (κ3) is 4.93. The van der Waals surface area contributed by atoms with Gasteiger partial charge in [-0.15, -0.1) is 0 Å². The molecular weight excluding hydrogens is 360 g/mol. The molecule has 0 atom stereocenters. The second kappa shape index (κ2) is 9.52. The van der Waals surface area contributed by atoms with Gasteiger partial charge in [-0.1, -0.05) is 44.2 Å². The van der Waals surface area contributed by atoms with E-state index in [1.165, 1.54) is 5.56 Å². The van der Waals surface area contributed by atoms with Crippen molar-refractivity contribution in [2.75, 3.05) is 13.1 Å². The summed E-state index contributed by atoms with van der Waals surface area (Å²) < 4.78 is 2.01. The lowest BCUT2D eigenvalue weighted by Gasteiger charge is -2.18. The van der Waals surface area contributed by atoms with E-state index in [0.29, 0.717) is 12.1 Å². The number of pyridine rings is 1. The summed E-state index contributed by atoms with van der Waals surface area (Å²) in [6.07, 6.45) is 1.76. The van der Waals surface area contributed by atoms with E-state index >= 15 is 0 Å². The van der Waals surface area contributed by atoms with Gasteiger partial charge in [0.1, 0.15) is 5.82 Å². The first kappa shape index (κ1) is 20.8. The van der Waals surface area contributed by atoms with Crippen LogP contribution in [0, 0.1) is 13.8 Å². The van der Waals surface area contributed by atoms with Crippen LogP contribution in [0.4, 0.5) is 0 Å². The fourth-order valence-electron chi connectivity index (χ4n) is 3.65. The molecule has 5 heteroatoms. The van der Waals surface area contributed by atoms with Crippen molar-refractivity contribution in [1.82, 2.24) is 19.8 Å². The van der Waals surface area contributed by atoms with Gasteiger partial charge in [0.2, 0.25) is 0 Å². The molecule has 0 aliphatic heterocycles. The zero-order valence-electron chi connectivity index (χ0n) is 17.8. The minimum Gasteiger partial charge on any atom is -0.348 e. The lowest BCUT2D eigenvalue weighted by Crippen LogP contribution is -2.24. The van der Waals surface area contributed by atoms with Crippen molar-refractivity contribution in [2.45, 2.75) is 40.8 Å². The maximum atomic E-state index is 12.8. The van der Waals surface area contributed by atoms with Crippen molar-refractivity contribution in [3.63, 3.8) is 0 Å². The molecule has 0 radical (unpaired) electrons. The topological polar surface area (TPSA) is 50.2 Å². The molecule has 0 saturated heterocycles. The Morgan fingerprint density at radius 2 is 1.79 bits per heavy atom. The first-order valence-electron chi connectivity index (χ1n) is 10.2. The number of nitrogens with one attached hydrogen (secondary N) is 1. The smallest absolute Gasteiger partial charge is 0.253 e. The molecule has 1 aromatic carbocycles. The Labute approximate surface area is 173 Å². The highest BCUT2D eigenvalue weighted by Crippen LogP contribution is 2.19. The lowest BCUT2D eigenvalue weighted by atomic mass is 10.1. The molecule has 0 fully saturated rings. The largest absolute Gasteiger partial charge is 0.348 e. The van der Waals surface area contributed by atoms with Gasteiger partial charge in [0.05, 0.1) is 5.56 Å². The van der Waals surface area contributed by atoms with Gasteiger partial charge < -0.3 is 9.88 Å². The fraction of sp³-hybridized carbons (Fsp3) is 0.333. The van der Waals surface area contributed by atoms with Gasteiger partial charge in [0.25, 0.3) is 5.91 Å². The summed E-state index contributed by atoms with van der Waals surface area (Å²) in [5, 5.41) is 3.07. The van der Waals surface area contributed by atoms with Gasteiger partial charge in [-0.2, -0.15) is 0 Å². The van der Waals surface area contributed by atoms with Crippen LogP contribution in [-0.2, 0) is 13.1 Å². The molecule has 0 bridgehead atoms. The van der Waals surface area contributed by atoms with Gasteiger partial charge in [0, 0.05) is 30.7 Å². The highest BCUT2D eigenvalue weighted by molar-refractivity contribution is 5.95. The summed E-state index contributed by atoms with van der Waals surface area (Å²) in [5.41, 5.74) is 4.96. The maximum absolute atomic E-state index is 12.8. The van der Waals surface area contributed by atoms with Gasteiger partial charge >= 0.3 is 0 Å². The van der Waals surface area contributed by atoms with Crippen LogP contribution in [-0.4, -0.2) is 33.4 Å². The van der Waals surface area contributed by atoms with E-state index in [1.54, 1.807) is 6.20 Å². The average Bonchev–Trinajstić information content (AvgIpc) is 3.05. The summed E-state index contributed by atoms with van der Waals surface area (Å²) in [7, 11) is 0. The Balaban J connectivity index is 1.71. The number of rotatable bonds is 8. The van der Waals surface area contributed by atoms with Gasteiger partial charge in [-0.25, -0.2) is 4.98 Å². The molecule has 2 heterocycles. The molecule has 5 nitrogen and oxygen atoms in total. The van der Waals surface area contributed by atoms with Crippen LogP contribution in [0.15, 0.2) is 54.7 Å². The minimum atomic E-state index is -0.0607. The highest BCUT2D eigenvalue weighted by atomic mass is 16.1. The van der Waals surface area contributed by atoms with Crippen LogP contribution in [0.25, 0.3) is 5.82 Å². The summed E-state index contributed by atoms with van der Waals surface area (Å²) in [6, 6.07) is 16.2.